The average Bonchev–Trinajstić information content (AvgIpc) is 3.01. The zero-order valence-corrected chi connectivity index (χ0v) is 13.0. The van der Waals surface area contributed by atoms with Crippen LogP contribution in [0, 0.1) is 11.3 Å². The fraction of sp³-hybridized carbons (Fsp3) is 0.500. The van der Waals surface area contributed by atoms with Crippen LogP contribution in [0.25, 0.3) is 0 Å². The fourth-order valence-electron chi connectivity index (χ4n) is 2.60. The second-order valence-corrected chi connectivity index (χ2v) is 5.45. The van der Waals surface area contributed by atoms with Crippen LogP contribution >= 0.6 is 0 Å². The van der Waals surface area contributed by atoms with E-state index in [0.717, 1.165) is 18.7 Å². The minimum absolute atomic E-state index is 0.0683. The van der Waals surface area contributed by atoms with Gasteiger partial charge in [0.25, 0.3) is 0 Å². The monoisotopic (exact) mass is 302 g/mol. The number of ether oxygens (including phenoxy) is 1. The number of nitrogens with one attached hydrogen (secondary N) is 1. The first-order valence-electron chi connectivity index (χ1n) is 7.48. The molecule has 1 saturated heterocycles. The van der Waals surface area contributed by atoms with Gasteiger partial charge in [0.2, 0.25) is 5.91 Å². The molecule has 0 unspecified atom stereocenters. The summed E-state index contributed by atoms with van der Waals surface area (Å²) in [5.41, 5.74) is 7.19. The quantitative estimate of drug-likeness (QED) is 0.846. The van der Waals surface area contributed by atoms with Gasteiger partial charge in [0.1, 0.15) is 11.8 Å². The smallest absolute Gasteiger partial charge is 0.237 e. The first-order chi connectivity index (χ1) is 10.6. The van der Waals surface area contributed by atoms with Crippen molar-refractivity contribution in [3.05, 3.63) is 23.8 Å². The Balaban J connectivity index is 2.04. The molecule has 1 aromatic rings. The third-order valence-corrected chi connectivity index (χ3v) is 3.98. The Hall–Kier alpha value is -2.26. The number of nitriles is 1. The maximum absolute atomic E-state index is 11.9. The largest absolute Gasteiger partial charge is 0.497 e. The summed E-state index contributed by atoms with van der Waals surface area (Å²) in [5.74, 6) is 0.558. The van der Waals surface area contributed by atoms with E-state index in [0.29, 0.717) is 24.3 Å². The van der Waals surface area contributed by atoms with E-state index in [4.69, 9.17) is 10.5 Å². The van der Waals surface area contributed by atoms with Crippen LogP contribution in [-0.4, -0.2) is 38.2 Å². The second-order valence-electron chi connectivity index (χ2n) is 5.45. The number of hydrogen-bond donors (Lipinski definition) is 2. The molecule has 1 amide bonds. The fourth-order valence-corrected chi connectivity index (χ4v) is 2.60. The van der Waals surface area contributed by atoms with Crippen LogP contribution in [0.15, 0.2) is 18.2 Å². The number of rotatable bonds is 5. The van der Waals surface area contributed by atoms with Crippen LogP contribution < -0.4 is 20.7 Å². The van der Waals surface area contributed by atoms with Gasteiger partial charge in [-0.3, -0.25) is 4.79 Å². The van der Waals surface area contributed by atoms with Crippen LogP contribution in [0.3, 0.4) is 0 Å². The molecule has 0 aromatic heterocycles. The van der Waals surface area contributed by atoms with Crippen molar-refractivity contribution in [2.45, 2.75) is 31.8 Å². The molecule has 6 nitrogen and oxygen atoms in total. The predicted octanol–water partition coefficient (Wildman–Crippen LogP) is 0.999. The van der Waals surface area contributed by atoms with Crippen molar-refractivity contribution in [3.63, 3.8) is 0 Å². The Morgan fingerprint density at radius 2 is 2.41 bits per heavy atom. The third kappa shape index (κ3) is 3.49. The summed E-state index contributed by atoms with van der Waals surface area (Å²) in [4.78, 5) is 14.0. The number of hydrogen-bond acceptors (Lipinski definition) is 5. The molecule has 1 fully saturated rings. The van der Waals surface area contributed by atoms with E-state index in [1.165, 1.54) is 0 Å². The summed E-state index contributed by atoms with van der Waals surface area (Å²) in [6.45, 7) is 3.37. The highest BCUT2D eigenvalue weighted by Gasteiger charge is 2.26. The van der Waals surface area contributed by atoms with E-state index in [2.05, 4.69) is 16.3 Å². The van der Waals surface area contributed by atoms with Gasteiger partial charge in [0, 0.05) is 19.1 Å². The number of nitrogens with zero attached hydrogens (tertiary/aromatic N) is 2. The van der Waals surface area contributed by atoms with Gasteiger partial charge >= 0.3 is 0 Å². The molecule has 1 heterocycles. The molecule has 22 heavy (non-hydrogen) atoms. The minimum Gasteiger partial charge on any atom is -0.497 e. The van der Waals surface area contributed by atoms with E-state index in [1.54, 1.807) is 13.2 Å². The third-order valence-electron chi connectivity index (χ3n) is 3.98. The molecule has 1 aliphatic rings. The zero-order chi connectivity index (χ0) is 16.1. The predicted molar refractivity (Wildman–Crippen MR) is 84.7 cm³/mol. The lowest BCUT2D eigenvalue weighted by atomic mass is 10.1. The summed E-state index contributed by atoms with van der Waals surface area (Å²) in [5, 5.41) is 12.3. The molecule has 1 aromatic carbocycles. The molecule has 6 heteroatoms. The van der Waals surface area contributed by atoms with E-state index in [9.17, 15) is 10.1 Å². The number of methoxy groups -OCH3 is 1. The molecular formula is C16H22N4O2. The lowest BCUT2D eigenvalue weighted by Crippen LogP contribution is -2.46. The highest BCUT2D eigenvalue weighted by Crippen LogP contribution is 2.27. The lowest BCUT2D eigenvalue weighted by Gasteiger charge is -2.21. The molecule has 0 saturated carbocycles. The van der Waals surface area contributed by atoms with Crippen LogP contribution in [0.1, 0.15) is 25.3 Å². The number of anilines is 1. The highest BCUT2D eigenvalue weighted by atomic mass is 16.5. The summed E-state index contributed by atoms with van der Waals surface area (Å²) in [6.07, 6.45) is 1.47. The molecule has 0 radical (unpaired) electrons. The van der Waals surface area contributed by atoms with Gasteiger partial charge in [-0.25, -0.2) is 0 Å². The van der Waals surface area contributed by atoms with E-state index >= 15 is 0 Å². The summed E-state index contributed by atoms with van der Waals surface area (Å²) < 4.78 is 5.15. The van der Waals surface area contributed by atoms with Crippen molar-refractivity contribution in [3.8, 4) is 11.8 Å². The maximum Gasteiger partial charge on any atom is 0.237 e. The van der Waals surface area contributed by atoms with E-state index in [-0.39, 0.29) is 11.9 Å². The van der Waals surface area contributed by atoms with Crippen LogP contribution in [0.2, 0.25) is 0 Å². The Bertz CT molecular complexity index is 582. The van der Waals surface area contributed by atoms with Crippen molar-refractivity contribution >= 4 is 11.6 Å². The first-order valence-corrected chi connectivity index (χ1v) is 7.48. The maximum atomic E-state index is 11.9. The number of carbonyl (C=O) groups is 1. The number of benzene rings is 1. The van der Waals surface area contributed by atoms with E-state index < -0.39 is 6.04 Å². The topological polar surface area (TPSA) is 91.4 Å². The number of amides is 1. The van der Waals surface area contributed by atoms with Gasteiger partial charge in [-0.2, -0.15) is 5.26 Å². The molecular weight excluding hydrogens is 280 g/mol. The summed E-state index contributed by atoms with van der Waals surface area (Å²) in [6, 6.07) is 7.28. The van der Waals surface area contributed by atoms with Crippen molar-refractivity contribution in [1.82, 2.24) is 5.32 Å². The van der Waals surface area contributed by atoms with Crippen LogP contribution in [-0.2, 0) is 4.79 Å². The lowest BCUT2D eigenvalue weighted by molar-refractivity contribution is -0.123. The average molecular weight is 302 g/mol. The summed E-state index contributed by atoms with van der Waals surface area (Å²) in [7, 11) is 1.58. The van der Waals surface area contributed by atoms with Crippen molar-refractivity contribution in [1.29, 1.82) is 5.26 Å². The van der Waals surface area contributed by atoms with Crippen LogP contribution in [0.5, 0.6) is 5.75 Å². The Labute approximate surface area is 130 Å². The molecule has 0 bridgehead atoms. The van der Waals surface area contributed by atoms with Crippen molar-refractivity contribution < 1.29 is 9.53 Å². The number of nitrogens with two attached hydrogens (primary N) is 1. The molecule has 1 aliphatic heterocycles. The van der Waals surface area contributed by atoms with Crippen molar-refractivity contribution in [2.24, 2.45) is 5.73 Å². The van der Waals surface area contributed by atoms with Crippen LogP contribution in [0.4, 0.5) is 5.69 Å². The molecule has 0 aliphatic carbocycles. The zero-order valence-electron chi connectivity index (χ0n) is 13.0. The number of carbonyl (C=O) groups excluding carboxylic acids is 1. The molecule has 2 atom stereocenters. The van der Waals surface area contributed by atoms with E-state index in [1.807, 2.05) is 19.1 Å². The second kappa shape index (κ2) is 7.14. The minimum atomic E-state index is -0.454. The van der Waals surface area contributed by atoms with Gasteiger partial charge in [-0.05, 0) is 31.0 Å². The molecule has 0 spiro atoms. The Kier molecular flexibility index (Phi) is 5.23. The highest BCUT2D eigenvalue weighted by molar-refractivity contribution is 5.81. The summed E-state index contributed by atoms with van der Waals surface area (Å²) >= 11 is 0. The normalized spacial score (nSPS) is 18.6. The van der Waals surface area contributed by atoms with Gasteiger partial charge in [0.15, 0.2) is 0 Å². The van der Waals surface area contributed by atoms with Gasteiger partial charge in [-0.1, -0.05) is 6.92 Å². The SMILES string of the molecule is CC[C@H](N)C(=O)N[C@H]1CCN(c2ccc(OC)cc2C#N)C1. The Morgan fingerprint density at radius 1 is 1.64 bits per heavy atom. The first kappa shape index (κ1) is 16.1. The molecule has 2 rings (SSSR count). The van der Waals surface area contributed by atoms with Gasteiger partial charge < -0.3 is 20.7 Å². The van der Waals surface area contributed by atoms with Gasteiger partial charge in [0.05, 0.1) is 24.4 Å². The van der Waals surface area contributed by atoms with Crippen molar-refractivity contribution in [2.75, 3.05) is 25.1 Å². The molecule has 118 valence electrons. The van der Waals surface area contributed by atoms with Gasteiger partial charge in [-0.15, -0.1) is 0 Å². The molecule has 3 N–H and O–H groups in total. The standard InChI is InChI=1S/C16H22N4O2/c1-3-14(18)16(21)19-12-6-7-20(10-12)15-5-4-13(22-2)8-11(15)9-17/h4-5,8,12,14H,3,6-7,10,18H2,1-2H3,(H,19,21)/t12-,14-/m0/s1. The Morgan fingerprint density at radius 3 is 3.05 bits per heavy atom.